The van der Waals surface area contributed by atoms with Crippen molar-refractivity contribution in [1.29, 1.82) is 0 Å². The van der Waals surface area contributed by atoms with Crippen LogP contribution in [0.2, 0.25) is 0 Å². The van der Waals surface area contributed by atoms with Gasteiger partial charge in [-0.2, -0.15) is 4.98 Å². The first-order valence-corrected chi connectivity index (χ1v) is 7.61. The number of methoxy groups -OCH3 is 1. The van der Waals surface area contributed by atoms with E-state index in [1.807, 2.05) is 13.0 Å². The Morgan fingerprint density at radius 2 is 2.05 bits per heavy atom. The zero-order valence-electron chi connectivity index (χ0n) is 12.6. The molecular formula is C15H26N4O. The van der Waals surface area contributed by atoms with Crippen LogP contribution >= 0.6 is 0 Å². The van der Waals surface area contributed by atoms with Crippen molar-refractivity contribution in [3.05, 3.63) is 11.8 Å². The van der Waals surface area contributed by atoms with Gasteiger partial charge < -0.3 is 15.4 Å². The van der Waals surface area contributed by atoms with Crippen LogP contribution in [0.5, 0.6) is 5.88 Å². The maximum atomic E-state index is 5.68. The van der Waals surface area contributed by atoms with Gasteiger partial charge in [-0.05, 0) is 32.7 Å². The van der Waals surface area contributed by atoms with Crippen molar-refractivity contribution >= 4 is 5.95 Å². The van der Waals surface area contributed by atoms with E-state index in [4.69, 9.17) is 10.5 Å². The zero-order chi connectivity index (χ0) is 14.4. The summed E-state index contributed by atoms with van der Waals surface area (Å²) in [7, 11) is 1.65. The normalized spacial score (nSPS) is 16.1. The molecule has 2 rings (SSSR count). The molecule has 0 radical (unpaired) electrons. The molecule has 1 aromatic rings. The van der Waals surface area contributed by atoms with Crippen LogP contribution in [0.3, 0.4) is 0 Å². The second-order valence-electron chi connectivity index (χ2n) is 5.48. The van der Waals surface area contributed by atoms with Crippen molar-refractivity contribution in [2.45, 2.75) is 51.5 Å². The third-order valence-corrected chi connectivity index (χ3v) is 3.90. The van der Waals surface area contributed by atoms with E-state index in [1.165, 1.54) is 32.1 Å². The molecule has 0 aliphatic heterocycles. The van der Waals surface area contributed by atoms with Crippen molar-refractivity contribution < 1.29 is 4.74 Å². The molecule has 0 atom stereocenters. The van der Waals surface area contributed by atoms with Gasteiger partial charge in [0.15, 0.2) is 0 Å². The summed E-state index contributed by atoms with van der Waals surface area (Å²) in [6, 6.07) is 2.41. The van der Waals surface area contributed by atoms with Gasteiger partial charge in [-0.3, -0.25) is 0 Å². The van der Waals surface area contributed by atoms with Crippen LogP contribution in [0.25, 0.3) is 0 Å². The van der Waals surface area contributed by atoms with E-state index in [0.717, 1.165) is 24.6 Å². The number of ether oxygens (including phenoxy) is 1. The molecule has 0 aromatic carbocycles. The Balaban J connectivity index is 2.22. The molecule has 2 N–H and O–H groups in total. The zero-order valence-corrected chi connectivity index (χ0v) is 12.6. The number of aryl methyl sites for hydroxylation is 1. The van der Waals surface area contributed by atoms with Crippen LogP contribution in [-0.2, 0) is 0 Å². The summed E-state index contributed by atoms with van der Waals surface area (Å²) in [4.78, 5) is 11.5. The lowest BCUT2D eigenvalue weighted by molar-refractivity contribution is 0.388. The highest BCUT2D eigenvalue weighted by Crippen LogP contribution is 2.26. The molecule has 20 heavy (non-hydrogen) atoms. The van der Waals surface area contributed by atoms with Crippen molar-refractivity contribution in [3.63, 3.8) is 0 Å². The van der Waals surface area contributed by atoms with Gasteiger partial charge in [-0.15, -0.1) is 0 Å². The van der Waals surface area contributed by atoms with E-state index in [9.17, 15) is 0 Å². The predicted molar refractivity (Wildman–Crippen MR) is 81.2 cm³/mol. The first kappa shape index (κ1) is 15.0. The largest absolute Gasteiger partial charge is 0.481 e. The number of nitrogens with two attached hydrogens (primary N) is 1. The number of nitrogens with zero attached hydrogens (tertiary/aromatic N) is 3. The Morgan fingerprint density at radius 3 is 2.70 bits per heavy atom. The minimum atomic E-state index is 0.543. The van der Waals surface area contributed by atoms with Crippen molar-refractivity contribution in [1.82, 2.24) is 9.97 Å². The topological polar surface area (TPSA) is 64.3 Å². The fraction of sp³-hybridized carbons (Fsp3) is 0.733. The monoisotopic (exact) mass is 278 g/mol. The highest BCUT2D eigenvalue weighted by molar-refractivity contribution is 5.36. The van der Waals surface area contributed by atoms with Gasteiger partial charge in [0.25, 0.3) is 0 Å². The van der Waals surface area contributed by atoms with E-state index in [0.29, 0.717) is 18.5 Å². The molecule has 5 heteroatoms. The first-order chi connectivity index (χ1) is 9.74. The van der Waals surface area contributed by atoms with E-state index in [1.54, 1.807) is 7.11 Å². The number of hydrogen-bond acceptors (Lipinski definition) is 5. The molecule has 1 aliphatic rings. The summed E-state index contributed by atoms with van der Waals surface area (Å²) < 4.78 is 5.28. The number of anilines is 1. The molecule has 112 valence electrons. The third kappa shape index (κ3) is 3.82. The van der Waals surface area contributed by atoms with Gasteiger partial charge in [0.1, 0.15) is 0 Å². The highest BCUT2D eigenvalue weighted by Gasteiger charge is 2.23. The van der Waals surface area contributed by atoms with E-state index >= 15 is 0 Å². The smallest absolute Gasteiger partial charge is 0.229 e. The number of rotatable bonds is 6. The average Bonchev–Trinajstić information content (AvgIpc) is 2.48. The maximum absolute atomic E-state index is 5.68. The molecular weight excluding hydrogens is 252 g/mol. The molecule has 0 spiro atoms. The maximum Gasteiger partial charge on any atom is 0.229 e. The van der Waals surface area contributed by atoms with Crippen LogP contribution < -0.4 is 15.4 Å². The van der Waals surface area contributed by atoms with Gasteiger partial charge in [-0.1, -0.05) is 19.3 Å². The molecule has 5 nitrogen and oxygen atoms in total. The summed E-state index contributed by atoms with van der Waals surface area (Å²) in [5.74, 6) is 1.43. The molecule has 0 unspecified atom stereocenters. The molecule has 0 bridgehead atoms. The Bertz CT molecular complexity index is 418. The second kappa shape index (κ2) is 7.43. The minimum Gasteiger partial charge on any atom is -0.481 e. The van der Waals surface area contributed by atoms with Crippen LogP contribution in [0.15, 0.2) is 6.07 Å². The first-order valence-electron chi connectivity index (χ1n) is 7.61. The Labute approximate surface area is 121 Å². The predicted octanol–water partition coefficient (Wildman–Crippen LogP) is 2.28. The van der Waals surface area contributed by atoms with Gasteiger partial charge in [0, 0.05) is 24.3 Å². The fourth-order valence-corrected chi connectivity index (χ4v) is 2.86. The van der Waals surface area contributed by atoms with Gasteiger partial charge in [-0.25, -0.2) is 4.98 Å². The van der Waals surface area contributed by atoms with Crippen molar-refractivity contribution in [3.8, 4) is 5.88 Å². The Hall–Kier alpha value is -1.36. The van der Waals surface area contributed by atoms with E-state index in [-0.39, 0.29) is 0 Å². The Kier molecular flexibility index (Phi) is 5.59. The summed E-state index contributed by atoms with van der Waals surface area (Å²) >= 11 is 0. The van der Waals surface area contributed by atoms with Crippen molar-refractivity contribution in [2.75, 3.05) is 25.1 Å². The minimum absolute atomic E-state index is 0.543. The number of aromatic nitrogens is 2. The highest BCUT2D eigenvalue weighted by atomic mass is 16.5. The summed E-state index contributed by atoms with van der Waals surface area (Å²) in [6.45, 7) is 3.61. The second-order valence-corrected chi connectivity index (χ2v) is 5.48. The molecule has 0 amide bonds. The molecule has 0 saturated heterocycles. The van der Waals surface area contributed by atoms with Gasteiger partial charge in [0.2, 0.25) is 11.8 Å². The SMILES string of the molecule is COc1cc(C)nc(N(CCCN)C2CCCCC2)n1. The van der Waals surface area contributed by atoms with Gasteiger partial charge in [0.05, 0.1) is 7.11 Å². The van der Waals surface area contributed by atoms with Crippen LogP contribution in [0, 0.1) is 6.92 Å². The van der Waals surface area contributed by atoms with E-state index in [2.05, 4.69) is 14.9 Å². The fourth-order valence-electron chi connectivity index (χ4n) is 2.86. The lowest BCUT2D eigenvalue weighted by atomic mass is 9.94. The summed E-state index contributed by atoms with van der Waals surface area (Å²) in [5, 5.41) is 0. The van der Waals surface area contributed by atoms with Crippen LogP contribution in [-0.4, -0.2) is 36.2 Å². The number of hydrogen-bond donors (Lipinski definition) is 1. The molecule has 1 aromatic heterocycles. The third-order valence-electron chi connectivity index (χ3n) is 3.90. The molecule has 1 aliphatic carbocycles. The lowest BCUT2D eigenvalue weighted by Crippen LogP contribution is -2.39. The summed E-state index contributed by atoms with van der Waals surface area (Å²) in [5.41, 5.74) is 6.62. The molecule has 1 saturated carbocycles. The van der Waals surface area contributed by atoms with Gasteiger partial charge >= 0.3 is 0 Å². The summed E-state index contributed by atoms with van der Waals surface area (Å²) in [6.07, 6.45) is 7.36. The van der Waals surface area contributed by atoms with Crippen LogP contribution in [0.1, 0.15) is 44.2 Å². The Morgan fingerprint density at radius 1 is 1.30 bits per heavy atom. The van der Waals surface area contributed by atoms with Crippen LogP contribution in [0.4, 0.5) is 5.95 Å². The average molecular weight is 278 g/mol. The standard InChI is InChI=1S/C15H26N4O/c1-12-11-14(20-2)18-15(17-12)19(10-6-9-16)13-7-4-3-5-8-13/h11,13H,3-10,16H2,1-2H3. The lowest BCUT2D eigenvalue weighted by Gasteiger charge is -2.34. The quantitative estimate of drug-likeness (QED) is 0.865. The molecule has 1 fully saturated rings. The van der Waals surface area contributed by atoms with E-state index < -0.39 is 0 Å². The molecule has 1 heterocycles. The van der Waals surface area contributed by atoms with Crippen molar-refractivity contribution in [2.24, 2.45) is 5.73 Å².